The standard InChI is InChI=1S/C24H20BrClN4O2S/c1-15-13-17(25)5-12-21(15)27-22(31)14-33-24-29-28-23(16-3-6-18(26)7-4-16)30(24)19-8-10-20(32-2)11-9-19/h3-13H,14H2,1-2H3,(H,27,31). The summed E-state index contributed by atoms with van der Waals surface area (Å²) in [5.41, 5.74) is 3.48. The molecule has 1 N–H and O–H groups in total. The largest absolute Gasteiger partial charge is 0.497 e. The first-order valence-corrected chi connectivity index (χ1v) is 12.1. The molecule has 168 valence electrons. The third-order valence-corrected chi connectivity index (χ3v) is 6.54. The van der Waals surface area contributed by atoms with Crippen molar-refractivity contribution in [2.45, 2.75) is 12.1 Å². The van der Waals surface area contributed by atoms with Crippen LogP contribution >= 0.6 is 39.3 Å². The summed E-state index contributed by atoms with van der Waals surface area (Å²) in [4.78, 5) is 12.6. The van der Waals surface area contributed by atoms with Crippen LogP contribution in [0.4, 0.5) is 5.69 Å². The summed E-state index contributed by atoms with van der Waals surface area (Å²) in [6.45, 7) is 1.95. The highest BCUT2D eigenvalue weighted by molar-refractivity contribution is 9.10. The normalized spacial score (nSPS) is 10.8. The average molecular weight is 544 g/mol. The molecule has 0 aliphatic heterocycles. The van der Waals surface area contributed by atoms with Crippen molar-refractivity contribution in [3.05, 3.63) is 81.8 Å². The van der Waals surface area contributed by atoms with E-state index in [2.05, 4.69) is 31.4 Å². The fourth-order valence-electron chi connectivity index (χ4n) is 3.20. The topological polar surface area (TPSA) is 69.0 Å². The Morgan fingerprint density at radius 1 is 1.09 bits per heavy atom. The van der Waals surface area contributed by atoms with Gasteiger partial charge in [-0.25, -0.2) is 0 Å². The lowest BCUT2D eigenvalue weighted by molar-refractivity contribution is -0.113. The van der Waals surface area contributed by atoms with Crippen LogP contribution in [0.3, 0.4) is 0 Å². The van der Waals surface area contributed by atoms with Gasteiger partial charge >= 0.3 is 0 Å². The molecule has 0 spiro atoms. The van der Waals surface area contributed by atoms with Crippen molar-refractivity contribution >= 4 is 50.9 Å². The molecule has 0 atom stereocenters. The Bertz CT molecular complexity index is 1280. The molecule has 0 aliphatic rings. The molecule has 4 rings (SSSR count). The van der Waals surface area contributed by atoms with Crippen molar-refractivity contribution in [3.63, 3.8) is 0 Å². The summed E-state index contributed by atoms with van der Waals surface area (Å²) in [6.07, 6.45) is 0. The number of thioether (sulfide) groups is 1. The van der Waals surface area contributed by atoms with E-state index in [1.54, 1.807) is 7.11 Å². The van der Waals surface area contributed by atoms with Gasteiger partial charge < -0.3 is 10.1 Å². The number of rotatable bonds is 7. The van der Waals surface area contributed by atoms with Crippen molar-refractivity contribution in [1.29, 1.82) is 0 Å². The van der Waals surface area contributed by atoms with Gasteiger partial charge in [-0.2, -0.15) is 0 Å². The maximum absolute atomic E-state index is 12.6. The van der Waals surface area contributed by atoms with Crippen LogP contribution in [-0.2, 0) is 4.79 Å². The lowest BCUT2D eigenvalue weighted by Crippen LogP contribution is -2.15. The number of hydrogen-bond acceptors (Lipinski definition) is 5. The molecule has 33 heavy (non-hydrogen) atoms. The number of methoxy groups -OCH3 is 1. The maximum Gasteiger partial charge on any atom is 0.234 e. The highest BCUT2D eigenvalue weighted by Crippen LogP contribution is 2.30. The van der Waals surface area contributed by atoms with E-state index in [4.69, 9.17) is 16.3 Å². The van der Waals surface area contributed by atoms with Gasteiger partial charge in [-0.1, -0.05) is 39.3 Å². The molecular weight excluding hydrogens is 524 g/mol. The van der Waals surface area contributed by atoms with E-state index in [1.165, 1.54) is 11.8 Å². The number of hydrogen-bond donors (Lipinski definition) is 1. The molecule has 9 heteroatoms. The number of nitrogens with zero attached hydrogens (tertiary/aromatic N) is 3. The van der Waals surface area contributed by atoms with Crippen molar-refractivity contribution < 1.29 is 9.53 Å². The summed E-state index contributed by atoms with van der Waals surface area (Å²) in [5, 5.41) is 13.0. The SMILES string of the molecule is COc1ccc(-n2c(SCC(=O)Nc3ccc(Br)cc3C)nnc2-c2ccc(Cl)cc2)cc1. The van der Waals surface area contributed by atoms with Crippen LogP contribution in [0.5, 0.6) is 5.75 Å². The summed E-state index contributed by atoms with van der Waals surface area (Å²) in [5.74, 6) is 1.47. The van der Waals surface area contributed by atoms with Gasteiger partial charge in [0.15, 0.2) is 11.0 Å². The second kappa shape index (κ2) is 10.4. The van der Waals surface area contributed by atoms with Crippen LogP contribution < -0.4 is 10.1 Å². The molecular formula is C24H20BrClN4O2S. The van der Waals surface area contributed by atoms with Gasteiger partial charge in [0.1, 0.15) is 5.75 Å². The molecule has 6 nitrogen and oxygen atoms in total. The number of amides is 1. The Morgan fingerprint density at radius 2 is 1.82 bits per heavy atom. The number of anilines is 1. The number of halogens is 2. The minimum atomic E-state index is -0.122. The monoisotopic (exact) mass is 542 g/mol. The highest BCUT2D eigenvalue weighted by atomic mass is 79.9. The van der Waals surface area contributed by atoms with Crippen molar-refractivity contribution in [3.8, 4) is 22.8 Å². The predicted molar refractivity (Wildman–Crippen MR) is 137 cm³/mol. The molecule has 1 amide bonds. The van der Waals surface area contributed by atoms with Crippen LogP contribution in [-0.4, -0.2) is 33.5 Å². The van der Waals surface area contributed by atoms with E-state index in [0.717, 1.165) is 32.7 Å². The van der Waals surface area contributed by atoms with Gasteiger partial charge in [0.25, 0.3) is 0 Å². The molecule has 3 aromatic carbocycles. The zero-order valence-corrected chi connectivity index (χ0v) is 21.0. The summed E-state index contributed by atoms with van der Waals surface area (Å²) < 4.78 is 8.17. The van der Waals surface area contributed by atoms with Crippen LogP contribution in [0.2, 0.25) is 5.02 Å². The molecule has 0 fully saturated rings. The number of carbonyl (C=O) groups excluding carboxylic acids is 1. The fourth-order valence-corrected chi connectivity index (χ4v) is 4.55. The molecule has 0 aliphatic carbocycles. The Labute approximate surface area is 209 Å². The van der Waals surface area contributed by atoms with Crippen molar-refractivity contribution in [2.24, 2.45) is 0 Å². The quantitative estimate of drug-likeness (QED) is 0.273. The lowest BCUT2D eigenvalue weighted by Gasteiger charge is -2.12. The van der Waals surface area contributed by atoms with Crippen molar-refractivity contribution in [2.75, 3.05) is 18.2 Å². The molecule has 0 unspecified atom stereocenters. The first-order valence-electron chi connectivity index (χ1n) is 9.99. The first-order chi connectivity index (χ1) is 15.9. The molecule has 0 radical (unpaired) electrons. The van der Waals surface area contributed by atoms with Gasteiger partial charge in [-0.3, -0.25) is 9.36 Å². The minimum Gasteiger partial charge on any atom is -0.497 e. The molecule has 0 saturated heterocycles. The third kappa shape index (κ3) is 5.58. The molecule has 0 saturated carbocycles. The third-order valence-electron chi connectivity index (χ3n) is 4.86. The number of carbonyl (C=O) groups is 1. The van der Waals surface area contributed by atoms with Crippen molar-refractivity contribution in [1.82, 2.24) is 14.8 Å². The van der Waals surface area contributed by atoms with Gasteiger partial charge in [0, 0.05) is 26.4 Å². The molecule has 1 heterocycles. The second-order valence-electron chi connectivity index (χ2n) is 7.14. The second-order valence-corrected chi connectivity index (χ2v) is 9.44. The Morgan fingerprint density at radius 3 is 2.48 bits per heavy atom. The summed E-state index contributed by atoms with van der Waals surface area (Å²) in [7, 11) is 1.62. The molecule has 0 bridgehead atoms. The van der Waals surface area contributed by atoms with E-state index < -0.39 is 0 Å². The molecule has 1 aromatic heterocycles. The Balaban J connectivity index is 1.60. The average Bonchev–Trinajstić information content (AvgIpc) is 3.24. The number of aryl methyl sites for hydroxylation is 1. The van der Waals surface area contributed by atoms with E-state index in [9.17, 15) is 4.79 Å². The van der Waals surface area contributed by atoms with Gasteiger partial charge in [-0.15, -0.1) is 10.2 Å². The van der Waals surface area contributed by atoms with E-state index in [0.29, 0.717) is 16.0 Å². The fraction of sp³-hybridized carbons (Fsp3) is 0.125. The number of nitrogens with one attached hydrogen (secondary N) is 1. The van der Waals surface area contributed by atoms with Gasteiger partial charge in [-0.05, 0) is 79.2 Å². The molecule has 4 aromatic rings. The number of benzene rings is 3. The van der Waals surface area contributed by atoms with Crippen LogP contribution in [0, 0.1) is 6.92 Å². The summed E-state index contributed by atoms with van der Waals surface area (Å²) in [6, 6.07) is 20.7. The summed E-state index contributed by atoms with van der Waals surface area (Å²) >= 11 is 10.8. The zero-order valence-electron chi connectivity index (χ0n) is 17.9. The zero-order chi connectivity index (χ0) is 23.4. The minimum absolute atomic E-state index is 0.122. The highest BCUT2D eigenvalue weighted by Gasteiger charge is 2.18. The van der Waals surface area contributed by atoms with Gasteiger partial charge in [0.05, 0.1) is 12.9 Å². The first kappa shape index (κ1) is 23.4. The van der Waals surface area contributed by atoms with E-state index in [1.807, 2.05) is 78.2 Å². The van der Waals surface area contributed by atoms with Crippen LogP contribution in [0.1, 0.15) is 5.56 Å². The lowest BCUT2D eigenvalue weighted by atomic mass is 10.2. The number of ether oxygens (including phenoxy) is 1. The Kier molecular flexibility index (Phi) is 7.37. The number of aromatic nitrogens is 3. The smallest absolute Gasteiger partial charge is 0.234 e. The van der Waals surface area contributed by atoms with Crippen LogP contribution in [0.15, 0.2) is 76.4 Å². The Hall–Kier alpha value is -2.81. The maximum atomic E-state index is 12.6. The van der Waals surface area contributed by atoms with Gasteiger partial charge in [0.2, 0.25) is 5.91 Å². The predicted octanol–water partition coefficient (Wildman–Crippen LogP) is 6.40. The van der Waals surface area contributed by atoms with E-state index >= 15 is 0 Å². The van der Waals surface area contributed by atoms with Crippen LogP contribution in [0.25, 0.3) is 17.1 Å². The van der Waals surface area contributed by atoms with E-state index in [-0.39, 0.29) is 11.7 Å².